The van der Waals surface area contributed by atoms with Crippen LogP contribution in [0.2, 0.25) is 0 Å². The third kappa shape index (κ3) is 4.50. The lowest BCUT2D eigenvalue weighted by Crippen LogP contribution is -2.40. The van der Waals surface area contributed by atoms with Gasteiger partial charge in [0.25, 0.3) is 0 Å². The van der Waals surface area contributed by atoms with Gasteiger partial charge in [0.1, 0.15) is 4.21 Å². The molecule has 0 radical (unpaired) electrons. The van der Waals surface area contributed by atoms with Crippen LogP contribution in [0.5, 0.6) is 0 Å². The molecule has 1 aromatic heterocycles. The van der Waals surface area contributed by atoms with Gasteiger partial charge >= 0.3 is 0 Å². The number of rotatable bonds is 6. The molecular weight excluding hydrogens is 312 g/mol. The van der Waals surface area contributed by atoms with Crippen LogP contribution in [0.3, 0.4) is 0 Å². The van der Waals surface area contributed by atoms with Gasteiger partial charge < -0.3 is 10.1 Å². The first-order valence-electron chi connectivity index (χ1n) is 6.85. The number of ether oxygens (including phenoxy) is 1. The van der Waals surface area contributed by atoms with Crippen LogP contribution in [0.15, 0.2) is 16.3 Å². The summed E-state index contributed by atoms with van der Waals surface area (Å²) in [6.45, 7) is 4.28. The van der Waals surface area contributed by atoms with Crippen LogP contribution in [0.25, 0.3) is 0 Å². The van der Waals surface area contributed by atoms with Crippen LogP contribution in [-0.2, 0) is 26.1 Å². The van der Waals surface area contributed by atoms with Crippen LogP contribution in [0.1, 0.15) is 31.6 Å². The Hall–Kier alpha value is -0.960. The smallest absolute Gasteiger partial charge is 0.250 e. The summed E-state index contributed by atoms with van der Waals surface area (Å²) in [4.78, 5) is 11.7. The van der Waals surface area contributed by atoms with Crippen molar-refractivity contribution in [2.75, 3.05) is 6.61 Å². The first-order valence-corrected chi connectivity index (χ1v) is 9.15. The van der Waals surface area contributed by atoms with Crippen molar-refractivity contribution in [2.45, 2.75) is 49.6 Å². The molecule has 2 atom stereocenters. The summed E-state index contributed by atoms with van der Waals surface area (Å²) >= 11 is 1.16. The maximum Gasteiger partial charge on any atom is 0.250 e. The predicted octanol–water partition coefficient (Wildman–Crippen LogP) is 1.23. The molecule has 0 aromatic carbocycles. The van der Waals surface area contributed by atoms with Crippen molar-refractivity contribution in [1.82, 2.24) is 10.0 Å². The van der Waals surface area contributed by atoms with E-state index in [9.17, 15) is 13.2 Å². The van der Waals surface area contributed by atoms with E-state index < -0.39 is 10.0 Å². The van der Waals surface area contributed by atoms with E-state index in [0.29, 0.717) is 13.2 Å². The van der Waals surface area contributed by atoms with E-state index in [-0.39, 0.29) is 22.3 Å². The molecule has 118 valence electrons. The minimum Gasteiger partial charge on any atom is -0.377 e. The topological polar surface area (TPSA) is 84.5 Å². The molecule has 1 aliphatic rings. The third-order valence-corrected chi connectivity index (χ3v) is 6.41. The Bertz CT molecular complexity index is 591. The Morgan fingerprint density at radius 3 is 2.90 bits per heavy atom. The highest BCUT2D eigenvalue weighted by atomic mass is 32.2. The first-order chi connectivity index (χ1) is 9.88. The Labute approximate surface area is 128 Å². The molecular formula is C13H20N2O4S2. The number of hydrogen-bond acceptors (Lipinski definition) is 5. The van der Waals surface area contributed by atoms with Crippen LogP contribution in [-0.4, -0.2) is 33.1 Å². The number of hydrogen-bond donors (Lipinski definition) is 2. The summed E-state index contributed by atoms with van der Waals surface area (Å²) in [5.74, 6) is -0.141. The molecule has 0 bridgehead atoms. The van der Waals surface area contributed by atoms with Crippen molar-refractivity contribution in [3.05, 3.63) is 17.0 Å². The monoisotopic (exact) mass is 332 g/mol. The standard InChI is InChI=1S/C13H20N2O4S2/c1-9(12-4-3-7-19-12)15-21(17,18)13-6-5-11(20-13)8-14-10(2)16/h5-6,9,12,15H,3-4,7-8H2,1-2H3,(H,14,16)/t9-,12-/m1/s1. The van der Waals surface area contributed by atoms with Crippen molar-refractivity contribution in [3.63, 3.8) is 0 Å². The van der Waals surface area contributed by atoms with Crippen molar-refractivity contribution >= 4 is 27.3 Å². The predicted molar refractivity (Wildman–Crippen MR) is 80.6 cm³/mol. The normalized spacial score (nSPS) is 20.4. The zero-order chi connectivity index (χ0) is 15.5. The molecule has 21 heavy (non-hydrogen) atoms. The SMILES string of the molecule is CC(=O)NCc1ccc(S(=O)(=O)N[C@H](C)[C@H]2CCCO2)s1. The molecule has 1 aromatic rings. The lowest BCUT2D eigenvalue weighted by atomic mass is 10.1. The molecule has 0 saturated carbocycles. The van der Waals surface area contributed by atoms with E-state index in [4.69, 9.17) is 4.74 Å². The third-order valence-electron chi connectivity index (χ3n) is 3.28. The van der Waals surface area contributed by atoms with Crippen molar-refractivity contribution in [1.29, 1.82) is 0 Å². The average molecular weight is 332 g/mol. The largest absolute Gasteiger partial charge is 0.377 e. The van der Waals surface area contributed by atoms with Crippen LogP contribution < -0.4 is 10.0 Å². The van der Waals surface area contributed by atoms with E-state index in [0.717, 1.165) is 29.1 Å². The molecule has 2 rings (SSSR count). The summed E-state index contributed by atoms with van der Waals surface area (Å²) in [6, 6.07) is 3.02. The highest BCUT2D eigenvalue weighted by Crippen LogP contribution is 2.23. The second-order valence-corrected chi connectivity index (χ2v) is 8.20. The van der Waals surface area contributed by atoms with E-state index in [1.54, 1.807) is 12.1 Å². The van der Waals surface area contributed by atoms with Crippen LogP contribution in [0, 0.1) is 0 Å². The minimum absolute atomic E-state index is 0.0569. The number of amides is 1. The Morgan fingerprint density at radius 1 is 1.52 bits per heavy atom. The molecule has 1 saturated heterocycles. The van der Waals surface area contributed by atoms with E-state index in [2.05, 4.69) is 10.0 Å². The fraction of sp³-hybridized carbons (Fsp3) is 0.615. The van der Waals surface area contributed by atoms with Gasteiger partial charge in [0.2, 0.25) is 15.9 Å². The molecule has 0 aliphatic carbocycles. The zero-order valence-electron chi connectivity index (χ0n) is 12.1. The second kappa shape index (κ2) is 6.87. The van der Waals surface area contributed by atoms with Gasteiger partial charge in [-0.15, -0.1) is 11.3 Å². The number of nitrogens with one attached hydrogen (secondary N) is 2. The lowest BCUT2D eigenvalue weighted by molar-refractivity contribution is -0.119. The van der Waals surface area contributed by atoms with Gasteiger partial charge in [0.15, 0.2) is 0 Å². The molecule has 1 amide bonds. The van der Waals surface area contributed by atoms with E-state index >= 15 is 0 Å². The van der Waals surface area contributed by atoms with E-state index in [1.165, 1.54) is 6.92 Å². The summed E-state index contributed by atoms with van der Waals surface area (Å²) in [5, 5.41) is 2.65. The Balaban J connectivity index is 2.00. The molecule has 1 aliphatic heterocycles. The Kier molecular flexibility index (Phi) is 5.37. The van der Waals surface area contributed by atoms with Gasteiger partial charge in [-0.3, -0.25) is 4.79 Å². The van der Waals surface area contributed by atoms with E-state index in [1.807, 2.05) is 6.92 Å². The fourth-order valence-corrected chi connectivity index (χ4v) is 4.77. The van der Waals surface area contributed by atoms with Crippen LogP contribution in [0.4, 0.5) is 0 Å². The second-order valence-electron chi connectivity index (χ2n) is 5.09. The maximum atomic E-state index is 12.3. The van der Waals surface area contributed by atoms with Gasteiger partial charge in [-0.1, -0.05) is 0 Å². The summed E-state index contributed by atoms with van der Waals surface area (Å²) < 4.78 is 33.0. The first kappa shape index (κ1) is 16.4. The van der Waals surface area contributed by atoms with Gasteiger partial charge in [-0.25, -0.2) is 13.1 Å². The fourth-order valence-electron chi connectivity index (χ4n) is 2.18. The molecule has 1 fully saturated rings. The van der Waals surface area contributed by atoms with Gasteiger partial charge in [-0.05, 0) is 31.9 Å². The van der Waals surface area contributed by atoms with Crippen molar-refractivity contribution < 1.29 is 17.9 Å². The average Bonchev–Trinajstić information content (AvgIpc) is 3.07. The van der Waals surface area contributed by atoms with Crippen molar-refractivity contribution in [2.24, 2.45) is 0 Å². The molecule has 6 nitrogen and oxygen atoms in total. The van der Waals surface area contributed by atoms with Gasteiger partial charge in [-0.2, -0.15) is 0 Å². The molecule has 2 heterocycles. The number of thiophene rings is 1. The van der Waals surface area contributed by atoms with Gasteiger partial charge in [0.05, 0.1) is 12.6 Å². The summed E-state index contributed by atoms with van der Waals surface area (Å²) in [7, 11) is -3.54. The minimum atomic E-state index is -3.54. The quantitative estimate of drug-likeness (QED) is 0.820. The Morgan fingerprint density at radius 2 is 2.29 bits per heavy atom. The molecule has 8 heteroatoms. The maximum absolute atomic E-state index is 12.3. The molecule has 0 unspecified atom stereocenters. The highest BCUT2D eigenvalue weighted by molar-refractivity contribution is 7.91. The zero-order valence-corrected chi connectivity index (χ0v) is 13.7. The highest BCUT2D eigenvalue weighted by Gasteiger charge is 2.27. The van der Waals surface area contributed by atoms with Crippen LogP contribution >= 0.6 is 11.3 Å². The number of carbonyl (C=O) groups excluding carboxylic acids is 1. The summed E-state index contributed by atoms with van der Waals surface area (Å²) in [5.41, 5.74) is 0. The number of sulfonamides is 1. The van der Waals surface area contributed by atoms with Crippen molar-refractivity contribution in [3.8, 4) is 0 Å². The van der Waals surface area contributed by atoms with Gasteiger partial charge in [0, 0.05) is 24.4 Å². The molecule has 0 spiro atoms. The summed E-state index contributed by atoms with van der Waals surface area (Å²) in [6.07, 6.45) is 1.79. The molecule has 2 N–H and O–H groups in total. The lowest BCUT2D eigenvalue weighted by Gasteiger charge is -2.19. The number of carbonyl (C=O) groups is 1.